The molecule has 2 aliphatic rings. The molecule has 0 saturated carbocycles. The van der Waals surface area contributed by atoms with Gasteiger partial charge in [-0.3, -0.25) is 4.57 Å². The monoisotopic (exact) mass is 740 g/mol. The molecule has 0 saturated heterocycles. The van der Waals surface area contributed by atoms with Crippen molar-refractivity contribution in [2.75, 3.05) is 4.90 Å². The van der Waals surface area contributed by atoms with E-state index in [0.717, 1.165) is 33.2 Å². The van der Waals surface area contributed by atoms with Crippen LogP contribution in [0.3, 0.4) is 0 Å². The van der Waals surface area contributed by atoms with Crippen molar-refractivity contribution in [2.45, 2.75) is 12.0 Å². The fraction of sp³-hybridized carbons (Fsp3) is 0.0370. The van der Waals surface area contributed by atoms with Crippen LogP contribution < -0.4 is 4.90 Å². The van der Waals surface area contributed by atoms with E-state index in [1.165, 1.54) is 61.1 Å². The molecule has 0 spiro atoms. The van der Waals surface area contributed by atoms with Gasteiger partial charge in [0, 0.05) is 39.0 Å². The van der Waals surface area contributed by atoms with Gasteiger partial charge in [-0.05, 0) is 81.4 Å². The van der Waals surface area contributed by atoms with E-state index < -0.39 is 0 Å². The van der Waals surface area contributed by atoms with Gasteiger partial charge >= 0.3 is 0 Å². The predicted molar refractivity (Wildman–Crippen MR) is 239 cm³/mol. The van der Waals surface area contributed by atoms with Gasteiger partial charge in [0.05, 0.1) is 28.3 Å². The Bertz CT molecular complexity index is 3240. The molecule has 4 heteroatoms. The maximum atomic E-state index is 5.38. The highest BCUT2D eigenvalue weighted by atomic mass is 15.2. The smallest absolute Gasteiger partial charge is 0.235 e. The summed E-state index contributed by atoms with van der Waals surface area (Å²) in [5, 5.41) is 3.38. The Balaban J connectivity index is 1.02. The van der Waals surface area contributed by atoms with Crippen molar-refractivity contribution in [2.24, 2.45) is 0 Å². The van der Waals surface area contributed by atoms with E-state index in [2.05, 4.69) is 216 Å². The van der Waals surface area contributed by atoms with E-state index in [-0.39, 0.29) is 12.0 Å². The Hall–Kier alpha value is -7.56. The third-order valence-corrected chi connectivity index (χ3v) is 12.2. The largest absolute Gasteiger partial charge is 0.333 e. The normalized spacial score (nSPS) is 15.7. The van der Waals surface area contributed by atoms with Gasteiger partial charge in [-0.1, -0.05) is 164 Å². The number of anilines is 2. The average molecular weight is 741 g/mol. The molecule has 10 aromatic rings. The quantitative estimate of drug-likeness (QED) is 0.176. The predicted octanol–water partition coefficient (Wildman–Crippen LogP) is 13.5. The Morgan fingerprint density at radius 3 is 1.90 bits per heavy atom. The van der Waals surface area contributed by atoms with E-state index in [4.69, 9.17) is 9.97 Å². The van der Waals surface area contributed by atoms with Crippen LogP contribution in [0.2, 0.25) is 0 Å². The fourth-order valence-corrected chi connectivity index (χ4v) is 9.58. The third kappa shape index (κ3) is 5.01. The highest BCUT2D eigenvalue weighted by Gasteiger charge is 2.42. The van der Waals surface area contributed by atoms with E-state index in [1.807, 2.05) is 0 Å². The topological polar surface area (TPSA) is 34.0 Å². The van der Waals surface area contributed by atoms with E-state index in [1.54, 1.807) is 0 Å². The van der Waals surface area contributed by atoms with Gasteiger partial charge in [-0.15, -0.1) is 0 Å². The molecule has 12 rings (SSSR count). The summed E-state index contributed by atoms with van der Waals surface area (Å²) in [7, 11) is 0. The maximum Gasteiger partial charge on any atom is 0.235 e. The molecule has 0 amide bonds. The van der Waals surface area contributed by atoms with Crippen molar-refractivity contribution >= 4 is 49.7 Å². The van der Waals surface area contributed by atoms with Crippen LogP contribution in [0.4, 0.5) is 11.4 Å². The molecule has 2 unspecified atom stereocenters. The zero-order chi connectivity index (χ0) is 38.2. The molecule has 1 aliphatic carbocycles. The van der Waals surface area contributed by atoms with Crippen LogP contribution in [0, 0.1) is 0 Å². The minimum atomic E-state index is 0.166. The molecule has 58 heavy (non-hydrogen) atoms. The summed E-state index contributed by atoms with van der Waals surface area (Å²) in [5.74, 6) is 0.859. The van der Waals surface area contributed by atoms with Crippen molar-refractivity contribution in [3.05, 3.63) is 229 Å². The standard InChI is InChI=1S/C54H36N4/c1-3-15-35(16-4-1)36-27-29-37(30-28-36)52-44-23-9-12-24-48(44)55-54(56-52)58-50-26-14-10-20-41(50)46-33-38(31-32-51(46)58)45-34-47-42-21-11-13-25-49(42)57(39-17-5-2-6-18-39)53(47)43-22-8-7-19-40(43)45/h1-34,47,53H. The van der Waals surface area contributed by atoms with Gasteiger partial charge in [0.15, 0.2) is 0 Å². The third-order valence-electron chi connectivity index (χ3n) is 12.2. The molecule has 4 nitrogen and oxygen atoms in total. The van der Waals surface area contributed by atoms with Crippen molar-refractivity contribution in [1.82, 2.24) is 14.5 Å². The van der Waals surface area contributed by atoms with Gasteiger partial charge < -0.3 is 4.90 Å². The molecule has 272 valence electrons. The molecular weight excluding hydrogens is 705 g/mol. The Labute approximate surface area is 336 Å². The first kappa shape index (κ1) is 32.7. The Morgan fingerprint density at radius 2 is 1.05 bits per heavy atom. The lowest BCUT2D eigenvalue weighted by atomic mass is 9.77. The first-order valence-corrected chi connectivity index (χ1v) is 20.0. The van der Waals surface area contributed by atoms with Crippen LogP contribution in [0.25, 0.3) is 66.6 Å². The first-order valence-electron chi connectivity index (χ1n) is 20.0. The zero-order valence-corrected chi connectivity index (χ0v) is 31.6. The minimum absolute atomic E-state index is 0.166. The van der Waals surface area contributed by atoms with Crippen LogP contribution in [-0.4, -0.2) is 14.5 Å². The second-order valence-electron chi connectivity index (χ2n) is 15.3. The lowest BCUT2D eigenvalue weighted by Crippen LogP contribution is -2.25. The van der Waals surface area contributed by atoms with Gasteiger partial charge in [0.2, 0.25) is 5.95 Å². The summed E-state index contributed by atoms with van der Waals surface area (Å²) >= 11 is 0. The second kappa shape index (κ2) is 13.0. The van der Waals surface area contributed by atoms with Crippen LogP contribution in [0.1, 0.15) is 34.2 Å². The SMILES string of the molecule is C1=C(c2ccc3c(c2)c2ccccc2n3-c2nc(-c3ccc(-c4ccccc4)cc3)c3ccccc3n2)c2ccccc2C2C1c1ccccc1N2c1ccccc1. The van der Waals surface area contributed by atoms with Crippen LogP contribution in [0.15, 0.2) is 206 Å². The second-order valence-corrected chi connectivity index (χ2v) is 15.3. The van der Waals surface area contributed by atoms with E-state index in [9.17, 15) is 0 Å². The Kier molecular flexibility index (Phi) is 7.32. The van der Waals surface area contributed by atoms with E-state index >= 15 is 0 Å². The summed E-state index contributed by atoms with van der Waals surface area (Å²) in [4.78, 5) is 13.2. The van der Waals surface area contributed by atoms with Crippen molar-refractivity contribution in [3.63, 3.8) is 0 Å². The molecule has 0 bridgehead atoms. The number of hydrogen-bond donors (Lipinski definition) is 0. The lowest BCUT2D eigenvalue weighted by Gasteiger charge is -2.35. The average Bonchev–Trinajstić information content (AvgIpc) is 3.82. The molecule has 2 aromatic heterocycles. The molecule has 2 atom stereocenters. The van der Waals surface area contributed by atoms with Crippen LogP contribution in [-0.2, 0) is 0 Å². The van der Waals surface area contributed by atoms with Crippen molar-refractivity contribution in [1.29, 1.82) is 0 Å². The van der Waals surface area contributed by atoms with Crippen molar-refractivity contribution < 1.29 is 0 Å². The van der Waals surface area contributed by atoms with Gasteiger partial charge in [0.25, 0.3) is 0 Å². The van der Waals surface area contributed by atoms with E-state index in [0.29, 0.717) is 5.95 Å². The number of hydrogen-bond acceptors (Lipinski definition) is 3. The number of para-hydroxylation sites is 4. The summed E-state index contributed by atoms with van der Waals surface area (Å²) in [6.07, 6.45) is 2.52. The molecule has 3 heterocycles. The van der Waals surface area contributed by atoms with Crippen LogP contribution in [0.5, 0.6) is 0 Å². The first-order chi connectivity index (χ1) is 28.8. The Morgan fingerprint density at radius 1 is 0.431 bits per heavy atom. The lowest BCUT2D eigenvalue weighted by molar-refractivity contribution is 0.665. The summed E-state index contributed by atoms with van der Waals surface area (Å²) < 4.78 is 2.24. The number of benzene rings is 8. The minimum Gasteiger partial charge on any atom is -0.333 e. The van der Waals surface area contributed by atoms with Crippen molar-refractivity contribution in [3.8, 4) is 28.3 Å². The number of aromatic nitrogens is 3. The summed E-state index contributed by atoms with van der Waals surface area (Å²) in [6, 6.07) is 72.1. The fourth-order valence-electron chi connectivity index (χ4n) is 9.58. The number of rotatable bonds is 5. The van der Waals surface area contributed by atoms with Gasteiger partial charge in [-0.25, -0.2) is 9.97 Å². The molecule has 1 aliphatic heterocycles. The number of nitrogens with zero attached hydrogens (tertiary/aromatic N) is 4. The maximum absolute atomic E-state index is 5.38. The molecular formula is C54H36N4. The van der Waals surface area contributed by atoms with Crippen LogP contribution >= 0.6 is 0 Å². The van der Waals surface area contributed by atoms with Gasteiger partial charge in [0.1, 0.15) is 0 Å². The highest BCUT2D eigenvalue weighted by molar-refractivity contribution is 6.10. The number of fused-ring (bicyclic) bond motifs is 9. The zero-order valence-electron chi connectivity index (χ0n) is 31.6. The molecule has 0 fully saturated rings. The van der Waals surface area contributed by atoms with Gasteiger partial charge in [-0.2, -0.15) is 0 Å². The summed E-state index contributed by atoms with van der Waals surface area (Å²) in [6.45, 7) is 0. The summed E-state index contributed by atoms with van der Waals surface area (Å²) in [5.41, 5.74) is 16.4. The molecule has 8 aromatic carbocycles. The highest BCUT2D eigenvalue weighted by Crippen LogP contribution is 2.57. The molecule has 0 radical (unpaired) electrons. The molecule has 0 N–H and O–H groups in total.